The lowest BCUT2D eigenvalue weighted by Gasteiger charge is -2.40. The van der Waals surface area contributed by atoms with Gasteiger partial charge in [0.05, 0.1) is 13.5 Å². The van der Waals surface area contributed by atoms with Gasteiger partial charge in [-0.1, -0.05) is 6.92 Å². The van der Waals surface area contributed by atoms with Crippen LogP contribution in [-0.4, -0.2) is 50.2 Å². The van der Waals surface area contributed by atoms with Crippen LogP contribution in [0.1, 0.15) is 26.7 Å². The predicted octanol–water partition coefficient (Wildman–Crippen LogP) is 0.868. The van der Waals surface area contributed by atoms with Gasteiger partial charge in [0.15, 0.2) is 0 Å². The Hall–Kier alpha value is -0.610. The van der Waals surface area contributed by atoms with Crippen LogP contribution in [0.4, 0.5) is 0 Å². The minimum absolute atomic E-state index is 0.138. The number of piperidine rings is 1. The second-order valence-electron chi connectivity index (χ2n) is 4.89. The molecule has 0 radical (unpaired) electrons. The maximum atomic E-state index is 11.0. The van der Waals surface area contributed by atoms with Crippen LogP contribution in [0, 0.1) is 5.92 Å². The third kappa shape index (κ3) is 3.76. The number of hydrogen-bond donors (Lipinski definition) is 1. The van der Waals surface area contributed by atoms with Crippen LogP contribution < -0.4 is 5.32 Å². The molecule has 16 heavy (non-hydrogen) atoms. The van der Waals surface area contributed by atoms with Crippen molar-refractivity contribution in [1.29, 1.82) is 0 Å². The van der Waals surface area contributed by atoms with Crippen molar-refractivity contribution >= 4 is 5.97 Å². The van der Waals surface area contributed by atoms with Gasteiger partial charge in [0.2, 0.25) is 0 Å². The first-order valence-corrected chi connectivity index (χ1v) is 6.05. The van der Waals surface area contributed by atoms with Gasteiger partial charge in [0, 0.05) is 25.2 Å². The predicted molar refractivity (Wildman–Crippen MR) is 64.3 cm³/mol. The van der Waals surface area contributed by atoms with Crippen molar-refractivity contribution in [2.75, 3.05) is 27.2 Å². The summed E-state index contributed by atoms with van der Waals surface area (Å²) in [6.07, 6.45) is 1.61. The Morgan fingerprint density at radius 3 is 2.81 bits per heavy atom. The molecule has 0 spiro atoms. The van der Waals surface area contributed by atoms with Gasteiger partial charge in [-0.05, 0) is 26.3 Å². The van der Waals surface area contributed by atoms with Crippen LogP contribution in [0.25, 0.3) is 0 Å². The highest BCUT2D eigenvalue weighted by atomic mass is 16.5. The van der Waals surface area contributed by atoms with Crippen LogP contribution in [0.5, 0.6) is 0 Å². The monoisotopic (exact) mass is 228 g/mol. The molecular weight excluding hydrogens is 204 g/mol. The van der Waals surface area contributed by atoms with E-state index in [1.54, 1.807) is 0 Å². The Kier molecular flexibility index (Phi) is 5.22. The Bertz CT molecular complexity index is 233. The first kappa shape index (κ1) is 13.5. The molecule has 0 aliphatic carbocycles. The van der Waals surface area contributed by atoms with Gasteiger partial charge < -0.3 is 15.0 Å². The fourth-order valence-electron chi connectivity index (χ4n) is 2.29. The summed E-state index contributed by atoms with van der Waals surface area (Å²) in [5.41, 5.74) is 0. The van der Waals surface area contributed by atoms with Crippen molar-refractivity contribution in [3.63, 3.8) is 0 Å². The number of carbonyl (C=O) groups is 1. The molecular formula is C12H24N2O2. The van der Waals surface area contributed by atoms with E-state index in [0.717, 1.165) is 19.5 Å². The molecule has 0 aromatic heterocycles. The summed E-state index contributed by atoms with van der Waals surface area (Å²) in [5, 5.41) is 3.46. The van der Waals surface area contributed by atoms with Crippen molar-refractivity contribution in [3.05, 3.63) is 0 Å². The van der Waals surface area contributed by atoms with Crippen molar-refractivity contribution in [1.82, 2.24) is 10.2 Å². The molecule has 0 bridgehead atoms. The number of hydrogen-bond acceptors (Lipinski definition) is 4. The average Bonchev–Trinajstić information content (AvgIpc) is 2.25. The van der Waals surface area contributed by atoms with E-state index in [4.69, 9.17) is 0 Å². The highest BCUT2D eigenvalue weighted by Gasteiger charge is 2.28. The van der Waals surface area contributed by atoms with Gasteiger partial charge in [-0.25, -0.2) is 0 Å². The summed E-state index contributed by atoms with van der Waals surface area (Å²) in [6, 6.07) is 1.14. The zero-order chi connectivity index (χ0) is 12.1. The number of esters is 1. The zero-order valence-corrected chi connectivity index (χ0v) is 10.8. The summed E-state index contributed by atoms with van der Waals surface area (Å²) in [6.45, 7) is 6.36. The highest BCUT2D eigenvalue weighted by Crippen LogP contribution is 2.20. The highest BCUT2D eigenvalue weighted by molar-refractivity contribution is 5.69. The quantitative estimate of drug-likeness (QED) is 0.725. The molecule has 0 aromatic carbocycles. The van der Waals surface area contributed by atoms with Crippen LogP contribution >= 0.6 is 0 Å². The standard InChI is InChI=1S/C12H24N2O2/c1-9-8-14(3)10(2)7-11(9)13-6-5-12(15)16-4/h9-11,13H,5-8H2,1-4H3. The number of ether oxygens (including phenoxy) is 1. The molecule has 1 heterocycles. The molecule has 1 saturated heterocycles. The Balaban J connectivity index is 2.28. The smallest absolute Gasteiger partial charge is 0.306 e. The molecule has 0 saturated carbocycles. The normalized spacial score (nSPS) is 31.4. The SMILES string of the molecule is COC(=O)CCNC1CC(C)N(C)CC1C. The van der Waals surface area contributed by atoms with Gasteiger partial charge in [-0.2, -0.15) is 0 Å². The van der Waals surface area contributed by atoms with E-state index in [9.17, 15) is 4.79 Å². The summed E-state index contributed by atoms with van der Waals surface area (Å²) < 4.78 is 4.62. The summed E-state index contributed by atoms with van der Waals surface area (Å²) in [4.78, 5) is 13.4. The summed E-state index contributed by atoms with van der Waals surface area (Å²) in [5.74, 6) is 0.500. The summed E-state index contributed by atoms with van der Waals surface area (Å²) >= 11 is 0. The van der Waals surface area contributed by atoms with E-state index in [2.05, 4.69) is 35.8 Å². The molecule has 3 unspecified atom stereocenters. The first-order valence-electron chi connectivity index (χ1n) is 6.05. The van der Waals surface area contributed by atoms with Crippen LogP contribution in [-0.2, 0) is 9.53 Å². The second-order valence-corrected chi connectivity index (χ2v) is 4.89. The number of carbonyl (C=O) groups excluding carboxylic acids is 1. The Labute approximate surface area is 98.3 Å². The molecule has 0 aromatic rings. The third-order valence-electron chi connectivity index (χ3n) is 3.57. The van der Waals surface area contributed by atoms with Gasteiger partial charge in [-0.15, -0.1) is 0 Å². The molecule has 4 nitrogen and oxygen atoms in total. The van der Waals surface area contributed by atoms with E-state index < -0.39 is 0 Å². The largest absolute Gasteiger partial charge is 0.469 e. The molecule has 1 aliphatic heterocycles. The molecule has 0 amide bonds. The van der Waals surface area contributed by atoms with Crippen LogP contribution in [0.3, 0.4) is 0 Å². The van der Waals surface area contributed by atoms with Crippen LogP contribution in [0.15, 0.2) is 0 Å². The lowest BCUT2D eigenvalue weighted by molar-refractivity contribution is -0.140. The zero-order valence-electron chi connectivity index (χ0n) is 10.8. The van der Waals surface area contributed by atoms with Gasteiger partial charge >= 0.3 is 5.97 Å². The molecule has 94 valence electrons. The Morgan fingerprint density at radius 2 is 2.19 bits per heavy atom. The lowest BCUT2D eigenvalue weighted by atomic mass is 9.90. The second kappa shape index (κ2) is 6.21. The van der Waals surface area contributed by atoms with Gasteiger partial charge in [0.1, 0.15) is 0 Å². The fraction of sp³-hybridized carbons (Fsp3) is 0.917. The number of nitrogens with one attached hydrogen (secondary N) is 1. The van der Waals surface area contributed by atoms with Crippen LogP contribution in [0.2, 0.25) is 0 Å². The van der Waals surface area contributed by atoms with E-state index >= 15 is 0 Å². The number of rotatable bonds is 4. The molecule has 1 fully saturated rings. The molecule has 1 aliphatic rings. The number of likely N-dealkylation sites (tertiary alicyclic amines) is 1. The number of methoxy groups -OCH3 is 1. The molecule has 3 atom stereocenters. The van der Waals surface area contributed by atoms with Crippen molar-refractivity contribution in [2.24, 2.45) is 5.92 Å². The minimum atomic E-state index is -0.138. The summed E-state index contributed by atoms with van der Waals surface area (Å²) in [7, 11) is 3.61. The minimum Gasteiger partial charge on any atom is -0.469 e. The molecule has 1 N–H and O–H groups in total. The lowest BCUT2D eigenvalue weighted by Crippen LogP contribution is -2.51. The first-order chi connectivity index (χ1) is 7.54. The van der Waals surface area contributed by atoms with Gasteiger partial charge in [0.25, 0.3) is 0 Å². The number of nitrogens with zero attached hydrogens (tertiary/aromatic N) is 1. The van der Waals surface area contributed by atoms with E-state index in [1.807, 2.05) is 0 Å². The average molecular weight is 228 g/mol. The third-order valence-corrected chi connectivity index (χ3v) is 3.57. The Morgan fingerprint density at radius 1 is 1.50 bits per heavy atom. The fourth-order valence-corrected chi connectivity index (χ4v) is 2.29. The van der Waals surface area contributed by atoms with Gasteiger partial charge in [-0.3, -0.25) is 4.79 Å². The van der Waals surface area contributed by atoms with E-state index in [-0.39, 0.29) is 5.97 Å². The van der Waals surface area contributed by atoms with Crippen molar-refractivity contribution in [2.45, 2.75) is 38.8 Å². The topological polar surface area (TPSA) is 41.6 Å². The maximum absolute atomic E-state index is 11.0. The molecule has 1 rings (SSSR count). The molecule has 4 heteroatoms. The van der Waals surface area contributed by atoms with Crippen molar-refractivity contribution in [3.8, 4) is 0 Å². The van der Waals surface area contributed by atoms with E-state index in [0.29, 0.717) is 24.4 Å². The van der Waals surface area contributed by atoms with E-state index in [1.165, 1.54) is 7.11 Å². The van der Waals surface area contributed by atoms with Crippen molar-refractivity contribution < 1.29 is 9.53 Å². The maximum Gasteiger partial charge on any atom is 0.306 e.